The van der Waals surface area contributed by atoms with Crippen molar-refractivity contribution in [1.29, 1.82) is 0 Å². The maximum absolute atomic E-state index is 12.5. The zero-order valence-corrected chi connectivity index (χ0v) is 14.7. The first kappa shape index (κ1) is 15.9. The van der Waals surface area contributed by atoms with Crippen LogP contribution < -0.4 is 0 Å². The fraction of sp³-hybridized carbons (Fsp3) is 0.0909. The average Bonchev–Trinajstić information content (AvgIpc) is 2.66. The predicted molar refractivity (Wildman–Crippen MR) is 105 cm³/mol. The van der Waals surface area contributed by atoms with Crippen LogP contribution in [0.25, 0.3) is 21.8 Å². The summed E-state index contributed by atoms with van der Waals surface area (Å²) in [4.78, 5) is 18.4. The lowest BCUT2D eigenvalue weighted by atomic mass is 10.1. The molecule has 0 radical (unpaired) electrons. The molecule has 0 aliphatic rings. The van der Waals surface area contributed by atoms with Crippen LogP contribution in [0.1, 0.15) is 15.9 Å². The van der Waals surface area contributed by atoms with Crippen LogP contribution in [0.3, 0.4) is 0 Å². The highest BCUT2D eigenvalue weighted by molar-refractivity contribution is 8.00. The molecule has 0 saturated heterocycles. The molecule has 1 heterocycles. The summed E-state index contributed by atoms with van der Waals surface area (Å²) in [6, 6.07) is 23.9. The average molecular weight is 343 g/mol. The summed E-state index contributed by atoms with van der Waals surface area (Å²) in [5, 5.41) is 2.22. The van der Waals surface area contributed by atoms with E-state index in [4.69, 9.17) is 4.98 Å². The van der Waals surface area contributed by atoms with Crippen LogP contribution in [-0.2, 0) is 0 Å². The van der Waals surface area contributed by atoms with E-state index < -0.39 is 0 Å². The number of aryl methyl sites for hydroxylation is 1. The second-order valence-corrected chi connectivity index (χ2v) is 7.04. The van der Waals surface area contributed by atoms with Crippen LogP contribution in [0.2, 0.25) is 0 Å². The van der Waals surface area contributed by atoms with Gasteiger partial charge in [-0.25, -0.2) is 4.98 Å². The van der Waals surface area contributed by atoms with E-state index in [1.54, 1.807) is 11.8 Å². The summed E-state index contributed by atoms with van der Waals surface area (Å²) < 4.78 is 0. The van der Waals surface area contributed by atoms with Gasteiger partial charge in [-0.05, 0) is 25.1 Å². The maximum atomic E-state index is 12.5. The number of pyridine rings is 1. The standard InChI is InChI=1S/C22H17NOS/c1-15-11-12-20-18(13-15)22(17-9-5-6-10-19(17)23-20)25-14-21(24)16-7-3-2-4-8-16/h2-13H,14H2,1H3. The molecule has 0 spiro atoms. The second-order valence-electron chi connectivity index (χ2n) is 6.06. The smallest absolute Gasteiger partial charge is 0.173 e. The number of hydrogen-bond acceptors (Lipinski definition) is 3. The van der Waals surface area contributed by atoms with E-state index >= 15 is 0 Å². The number of benzene rings is 3. The molecule has 3 aromatic carbocycles. The van der Waals surface area contributed by atoms with E-state index in [0.717, 1.165) is 32.3 Å². The number of fused-ring (bicyclic) bond motifs is 2. The molecule has 0 fully saturated rings. The molecule has 0 atom stereocenters. The number of para-hydroxylation sites is 1. The van der Waals surface area contributed by atoms with Gasteiger partial charge in [0.2, 0.25) is 0 Å². The van der Waals surface area contributed by atoms with Crippen molar-refractivity contribution in [3.63, 3.8) is 0 Å². The van der Waals surface area contributed by atoms with Gasteiger partial charge in [-0.1, -0.05) is 60.2 Å². The SMILES string of the molecule is Cc1ccc2nc3ccccc3c(SCC(=O)c3ccccc3)c2c1. The third-order valence-corrected chi connectivity index (χ3v) is 5.36. The van der Waals surface area contributed by atoms with E-state index in [9.17, 15) is 4.79 Å². The van der Waals surface area contributed by atoms with Crippen molar-refractivity contribution in [3.8, 4) is 0 Å². The van der Waals surface area contributed by atoms with Gasteiger partial charge in [0, 0.05) is 21.2 Å². The Morgan fingerprint density at radius 2 is 1.60 bits per heavy atom. The van der Waals surface area contributed by atoms with Crippen LogP contribution in [0.5, 0.6) is 0 Å². The number of carbonyl (C=O) groups excluding carboxylic acids is 1. The van der Waals surface area contributed by atoms with Crippen LogP contribution in [-0.4, -0.2) is 16.5 Å². The summed E-state index contributed by atoms with van der Waals surface area (Å²) in [5.74, 6) is 0.563. The van der Waals surface area contributed by atoms with Crippen LogP contribution >= 0.6 is 11.8 Å². The van der Waals surface area contributed by atoms with Gasteiger partial charge in [-0.2, -0.15) is 0 Å². The Morgan fingerprint density at radius 1 is 0.880 bits per heavy atom. The molecule has 0 bridgehead atoms. The van der Waals surface area contributed by atoms with Gasteiger partial charge >= 0.3 is 0 Å². The van der Waals surface area contributed by atoms with Crippen molar-refractivity contribution >= 4 is 39.4 Å². The molecular formula is C22H17NOS. The third-order valence-electron chi connectivity index (χ3n) is 4.23. The molecule has 0 amide bonds. The number of Topliss-reactive ketones (excluding diaryl/α,β-unsaturated/α-hetero) is 1. The second kappa shape index (κ2) is 6.69. The number of nitrogens with zero attached hydrogens (tertiary/aromatic N) is 1. The van der Waals surface area contributed by atoms with Crippen molar-refractivity contribution in [2.75, 3.05) is 5.75 Å². The lowest BCUT2D eigenvalue weighted by molar-refractivity contribution is 0.102. The molecule has 1 aromatic heterocycles. The Balaban J connectivity index is 1.78. The first-order valence-electron chi connectivity index (χ1n) is 8.22. The van der Waals surface area contributed by atoms with Gasteiger partial charge in [0.05, 0.1) is 16.8 Å². The third kappa shape index (κ3) is 3.15. The monoisotopic (exact) mass is 343 g/mol. The molecule has 3 heteroatoms. The summed E-state index contributed by atoms with van der Waals surface area (Å²) in [6.07, 6.45) is 0. The van der Waals surface area contributed by atoms with Crippen LogP contribution in [0, 0.1) is 6.92 Å². The Bertz CT molecular complexity index is 1070. The van der Waals surface area contributed by atoms with Crippen LogP contribution in [0.15, 0.2) is 77.7 Å². The Labute approximate surface area is 150 Å². The number of hydrogen-bond donors (Lipinski definition) is 0. The number of rotatable bonds is 4. The van der Waals surface area contributed by atoms with Crippen molar-refractivity contribution in [2.45, 2.75) is 11.8 Å². The molecule has 0 N–H and O–H groups in total. The number of carbonyl (C=O) groups is 1. The number of ketones is 1. The fourth-order valence-corrected chi connectivity index (χ4v) is 4.06. The Kier molecular flexibility index (Phi) is 4.24. The van der Waals surface area contributed by atoms with Gasteiger partial charge in [0.25, 0.3) is 0 Å². The minimum Gasteiger partial charge on any atom is -0.293 e. The highest BCUT2D eigenvalue weighted by Gasteiger charge is 2.12. The topological polar surface area (TPSA) is 30.0 Å². The normalized spacial score (nSPS) is 11.1. The summed E-state index contributed by atoms with van der Waals surface area (Å²) in [5.41, 5.74) is 3.89. The van der Waals surface area contributed by atoms with Crippen molar-refractivity contribution < 1.29 is 4.79 Å². The lowest BCUT2D eigenvalue weighted by Crippen LogP contribution is -2.02. The maximum Gasteiger partial charge on any atom is 0.173 e. The van der Waals surface area contributed by atoms with Gasteiger partial charge in [0.15, 0.2) is 5.78 Å². The first-order valence-corrected chi connectivity index (χ1v) is 9.21. The number of thioether (sulfide) groups is 1. The molecule has 0 aliphatic carbocycles. The van der Waals surface area contributed by atoms with Gasteiger partial charge in [0.1, 0.15) is 0 Å². The molecule has 122 valence electrons. The zero-order valence-electron chi connectivity index (χ0n) is 13.9. The van der Waals surface area contributed by atoms with Crippen molar-refractivity contribution in [2.24, 2.45) is 0 Å². The largest absolute Gasteiger partial charge is 0.293 e. The molecule has 0 saturated carbocycles. The molecule has 0 unspecified atom stereocenters. The van der Waals surface area contributed by atoms with E-state index in [-0.39, 0.29) is 5.78 Å². The van der Waals surface area contributed by atoms with Crippen molar-refractivity contribution in [3.05, 3.63) is 83.9 Å². The van der Waals surface area contributed by atoms with E-state index in [0.29, 0.717) is 5.75 Å². The van der Waals surface area contributed by atoms with Crippen molar-refractivity contribution in [1.82, 2.24) is 4.98 Å². The molecule has 0 aliphatic heterocycles. The Hall–Kier alpha value is -2.65. The van der Waals surface area contributed by atoms with E-state index in [2.05, 4.69) is 31.2 Å². The highest BCUT2D eigenvalue weighted by atomic mass is 32.2. The van der Waals surface area contributed by atoms with E-state index in [1.807, 2.05) is 48.5 Å². The highest BCUT2D eigenvalue weighted by Crippen LogP contribution is 2.34. The molecular weight excluding hydrogens is 326 g/mol. The molecule has 4 rings (SSSR count). The van der Waals surface area contributed by atoms with Gasteiger partial charge in [-0.3, -0.25) is 4.79 Å². The summed E-state index contributed by atoms with van der Waals surface area (Å²) >= 11 is 1.60. The fourth-order valence-electron chi connectivity index (χ4n) is 2.97. The Morgan fingerprint density at radius 3 is 2.44 bits per heavy atom. The summed E-state index contributed by atoms with van der Waals surface area (Å²) in [6.45, 7) is 2.08. The number of aromatic nitrogens is 1. The van der Waals surface area contributed by atoms with Gasteiger partial charge in [-0.15, -0.1) is 11.8 Å². The molecule has 25 heavy (non-hydrogen) atoms. The molecule has 2 nitrogen and oxygen atoms in total. The first-order chi connectivity index (χ1) is 12.2. The van der Waals surface area contributed by atoms with Crippen LogP contribution in [0.4, 0.5) is 0 Å². The predicted octanol–water partition coefficient (Wildman–Crippen LogP) is 5.67. The minimum atomic E-state index is 0.146. The minimum absolute atomic E-state index is 0.146. The lowest BCUT2D eigenvalue weighted by Gasteiger charge is -2.11. The molecule has 4 aromatic rings. The van der Waals surface area contributed by atoms with E-state index in [1.165, 1.54) is 5.56 Å². The van der Waals surface area contributed by atoms with Gasteiger partial charge < -0.3 is 0 Å². The quantitative estimate of drug-likeness (QED) is 0.272. The summed E-state index contributed by atoms with van der Waals surface area (Å²) in [7, 11) is 0. The zero-order chi connectivity index (χ0) is 17.2.